The summed E-state index contributed by atoms with van der Waals surface area (Å²) >= 11 is 1.75. The van der Waals surface area contributed by atoms with Crippen molar-refractivity contribution in [1.82, 2.24) is 4.98 Å². The summed E-state index contributed by atoms with van der Waals surface area (Å²) in [5, 5.41) is 0. The zero-order chi connectivity index (χ0) is 10.6. The average molecular weight is 209 g/mol. The zero-order valence-electron chi connectivity index (χ0n) is 9.00. The summed E-state index contributed by atoms with van der Waals surface area (Å²) < 4.78 is 6.24. The van der Waals surface area contributed by atoms with E-state index in [0.717, 1.165) is 5.52 Å². The Morgan fingerprint density at radius 2 is 2.00 bits per heavy atom. The maximum Gasteiger partial charge on any atom is 0.213 e. The van der Waals surface area contributed by atoms with Crippen LogP contribution in [0.5, 0.6) is 5.88 Å². The standard InChI is InChI=1S/C9H9NOS.C2H6/c1-6-5-7-8(12-6)3-4-9(10-7)11-2;1-2/h3-5H,1-2H3;1-2H3. The molecule has 0 bridgehead atoms. The molecule has 2 rings (SSSR count). The van der Waals surface area contributed by atoms with Crippen LogP contribution in [0.15, 0.2) is 18.2 Å². The molecule has 0 radical (unpaired) electrons. The summed E-state index contributed by atoms with van der Waals surface area (Å²) in [5.74, 6) is 0.681. The molecule has 2 aromatic rings. The summed E-state index contributed by atoms with van der Waals surface area (Å²) in [7, 11) is 1.63. The van der Waals surface area contributed by atoms with Crippen LogP contribution in [0.1, 0.15) is 18.7 Å². The molecule has 76 valence electrons. The van der Waals surface area contributed by atoms with Gasteiger partial charge in [-0.15, -0.1) is 11.3 Å². The lowest BCUT2D eigenvalue weighted by Crippen LogP contribution is -1.84. The van der Waals surface area contributed by atoms with E-state index in [4.69, 9.17) is 4.74 Å². The van der Waals surface area contributed by atoms with Crippen LogP contribution in [-0.2, 0) is 0 Å². The molecule has 14 heavy (non-hydrogen) atoms. The van der Waals surface area contributed by atoms with Crippen LogP contribution in [0.25, 0.3) is 10.2 Å². The second-order valence-electron chi connectivity index (χ2n) is 2.59. The van der Waals surface area contributed by atoms with Crippen molar-refractivity contribution in [2.45, 2.75) is 20.8 Å². The van der Waals surface area contributed by atoms with Gasteiger partial charge in [0.15, 0.2) is 0 Å². The van der Waals surface area contributed by atoms with Gasteiger partial charge in [0.1, 0.15) is 0 Å². The lowest BCUT2D eigenvalue weighted by molar-refractivity contribution is 0.399. The molecule has 2 heterocycles. The van der Waals surface area contributed by atoms with Gasteiger partial charge >= 0.3 is 0 Å². The van der Waals surface area contributed by atoms with Gasteiger partial charge in [-0.3, -0.25) is 0 Å². The smallest absolute Gasteiger partial charge is 0.213 e. The molecule has 0 aliphatic heterocycles. The minimum absolute atomic E-state index is 0.681. The van der Waals surface area contributed by atoms with Crippen LogP contribution in [-0.4, -0.2) is 12.1 Å². The molecule has 3 heteroatoms. The van der Waals surface area contributed by atoms with Crippen LogP contribution in [0, 0.1) is 6.92 Å². The number of methoxy groups -OCH3 is 1. The number of fused-ring (bicyclic) bond motifs is 1. The number of pyridine rings is 1. The Morgan fingerprint density at radius 3 is 2.64 bits per heavy atom. The van der Waals surface area contributed by atoms with E-state index < -0.39 is 0 Å². The first-order chi connectivity index (χ1) is 6.79. The fourth-order valence-corrected chi connectivity index (χ4v) is 2.00. The van der Waals surface area contributed by atoms with Gasteiger partial charge in [-0.2, -0.15) is 0 Å². The quantitative estimate of drug-likeness (QED) is 0.715. The molecule has 0 amide bonds. The van der Waals surface area contributed by atoms with Crippen LogP contribution >= 0.6 is 11.3 Å². The van der Waals surface area contributed by atoms with E-state index in [1.165, 1.54) is 9.58 Å². The molecule has 0 aliphatic rings. The Labute approximate surface area is 88.6 Å². The predicted octanol–water partition coefficient (Wildman–Crippen LogP) is 3.64. The summed E-state index contributed by atoms with van der Waals surface area (Å²) in [6, 6.07) is 6.00. The second kappa shape index (κ2) is 4.96. The van der Waals surface area contributed by atoms with Crippen molar-refractivity contribution in [2.75, 3.05) is 7.11 Å². The van der Waals surface area contributed by atoms with E-state index in [9.17, 15) is 0 Å². The molecule has 0 saturated carbocycles. The van der Waals surface area contributed by atoms with E-state index in [1.807, 2.05) is 26.0 Å². The summed E-state index contributed by atoms with van der Waals surface area (Å²) in [5.41, 5.74) is 1.02. The Bertz CT molecular complexity index is 409. The van der Waals surface area contributed by atoms with Crippen LogP contribution in [0.2, 0.25) is 0 Å². The Kier molecular flexibility index (Phi) is 3.89. The van der Waals surface area contributed by atoms with Crippen LogP contribution in [0.3, 0.4) is 0 Å². The Balaban J connectivity index is 0.000000461. The number of ether oxygens (including phenoxy) is 1. The molecule has 0 fully saturated rings. The lowest BCUT2D eigenvalue weighted by atomic mass is 10.4. The van der Waals surface area contributed by atoms with Crippen LogP contribution in [0.4, 0.5) is 0 Å². The van der Waals surface area contributed by atoms with Gasteiger partial charge < -0.3 is 4.74 Å². The second-order valence-corrected chi connectivity index (χ2v) is 3.88. The number of thiophene rings is 1. The third-order valence-corrected chi connectivity index (χ3v) is 2.69. The normalized spacial score (nSPS) is 9.43. The largest absolute Gasteiger partial charge is 0.481 e. The fraction of sp³-hybridized carbons (Fsp3) is 0.364. The third-order valence-electron chi connectivity index (χ3n) is 1.68. The number of nitrogens with zero attached hydrogens (tertiary/aromatic N) is 1. The van der Waals surface area contributed by atoms with Gasteiger partial charge in [-0.1, -0.05) is 13.8 Å². The molecule has 0 atom stereocenters. The number of hydrogen-bond donors (Lipinski definition) is 0. The summed E-state index contributed by atoms with van der Waals surface area (Å²) in [4.78, 5) is 5.59. The van der Waals surface area contributed by atoms with E-state index in [2.05, 4.69) is 18.0 Å². The lowest BCUT2D eigenvalue weighted by Gasteiger charge is -1.95. The maximum atomic E-state index is 5.03. The number of aryl methyl sites for hydroxylation is 1. The molecule has 2 aromatic heterocycles. The highest BCUT2D eigenvalue weighted by Crippen LogP contribution is 2.24. The van der Waals surface area contributed by atoms with Crippen molar-refractivity contribution in [2.24, 2.45) is 0 Å². The first-order valence-corrected chi connectivity index (χ1v) is 5.52. The van der Waals surface area contributed by atoms with E-state index >= 15 is 0 Å². The average Bonchev–Trinajstić information content (AvgIpc) is 2.59. The van der Waals surface area contributed by atoms with E-state index in [1.54, 1.807) is 18.4 Å². The van der Waals surface area contributed by atoms with Crippen molar-refractivity contribution < 1.29 is 4.74 Å². The summed E-state index contributed by atoms with van der Waals surface area (Å²) in [6.45, 7) is 6.08. The Hall–Kier alpha value is -1.09. The number of aromatic nitrogens is 1. The summed E-state index contributed by atoms with van der Waals surface area (Å²) in [6.07, 6.45) is 0. The van der Waals surface area contributed by atoms with Crippen molar-refractivity contribution in [3.63, 3.8) is 0 Å². The highest BCUT2D eigenvalue weighted by Gasteiger charge is 2.00. The molecule has 0 aliphatic carbocycles. The highest BCUT2D eigenvalue weighted by molar-refractivity contribution is 7.18. The highest BCUT2D eigenvalue weighted by atomic mass is 32.1. The van der Waals surface area contributed by atoms with Gasteiger partial charge in [0.25, 0.3) is 0 Å². The molecular weight excluding hydrogens is 194 g/mol. The van der Waals surface area contributed by atoms with E-state index in [0.29, 0.717) is 5.88 Å². The molecule has 2 nitrogen and oxygen atoms in total. The Morgan fingerprint density at radius 1 is 1.29 bits per heavy atom. The monoisotopic (exact) mass is 209 g/mol. The van der Waals surface area contributed by atoms with Gasteiger partial charge in [0, 0.05) is 10.9 Å². The van der Waals surface area contributed by atoms with Gasteiger partial charge in [0.2, 0.25) is 5.88 Å². The third kappa shape index (κ3) is 2.23. The van der Waals surface area contributed by atoms with Crippen molar-refractivity contribution in [1.29, 1.82) is 0 Å². The predicted molar refractivity (Wildman–Crippen MR) is 62.3 cm³/mol. The zero-order valence-corrected chi connectivity index (χ0v) is 9.81. The fourth-order valence-electron chi connectivity index (χ4n) is 1.14. The molecule has 0 N–H and O–H groups in total. The topological polar surface area (TPSA) is 22.1 Å². The minimum Gasteiger partial charge on any atom is -0.481 e. The SMILES string of the molecule is CC.COc1ccc2sc(C)cc2n1. The first kappa shape index (κ1) is 11.0. The number of hydrogen-bond acceptors (Lipinski definition) is 3. The first-order valence-electron chi connectivity index (χ1n) is 4.71. The molecule has 0 saturated heterocycles. The van der Waals surface area contributed by atoms with Crippen molar-refractivity contribution in [3.05, 3.63) is 23.1 Å². The van der Waals surface area contributed by atoms with Gasteiger partial charge in [-0.25, -0.2) is 4.98 Å². The van der Waals surface area contributed by atoms with Gasteiger partial charge in [0.05, 0.1) is 17.3 Å². The van der Waals surface area contributed by atoms with Crippen molar-refractivity contribution in [3.8, 4) is 5.88 Å². The van der Waals surface area contributed by atoms with Crippen molar-refractivity contribution >= 4 is 21.6 Å². The van der Waals surface area contributed by atoms with E-state index in [-0.39, 0.29) is 0 Å². The molecule has 0 spiro atoms. The molecule has 0 unspecified atom stereocenters. The van der Waals surface area contributed by atoms with Gasteiger partial charge in [-0.05, 0) is 19.1 Å². The maximum absolute atomic E-state index is 5.03. The van der Waals surface area contributed by atoms with Crippen LogP contribution < -0.4 is 4.74 Å². The number of rotatable bonds is 1. The molecular formula is C11H15NOS. The minimum atomic E-state index is 0.681. The molecule has 0 aromatic carbocycles.